The molecule has 2 rings (SSSR count). The van der Waals surface area contributed by atoms with E-state index in [1.165, 1.54) is 4.90 Å². The van der Waals surface area contributed by atoms with Crippen LogP contribution < -0.4 is 5.32 Å². The maximum atomic E-state index is 12.5. The zero-order chi connectivity index (χ0) is 15.4. The lowest BCUT2D eigenvalue weighted by atomic mass is 9.85. The first-order valence-corrected chi connectivity index (χ1v) is 7.48. The molecular weight excluding hydrogens is 276 g/mol. The summed E-state index contributed by atoms with van der Waals surface area (Å²) in [5.74, 6) is -4.26. The highest BCUT2D eigenvalue weighted by molar-refractivity contribution is 5.85. The minimum atomic E-state index is -1.14. The average Bonchev–Trinajstić information content (AvgIpc) is 2.74. The van der Waals surface area contributed by atoms with E-state index < -0.39 is 23.8 Å². The van der Waals surface area contributed by atoms with Crippen LogP contribution in [0, 0.1) is 11.8 Å². The fraction of sp³-hybridized carbons (Fsp3) is 0.786. The highest BCUT2D eigenvalue weighted by Gasteiger charge is 2.41. The van der Waals surface area contributed by atoms with Gasteiger partial charge in [0.1, 0.15) is 0 Å². The van der Waals surface area contributed by atoms with Crippen molar-refractivity contribution in [2.75, 3.05) is 19.6 Å². The van der Waals surface area contributed by atoms with Crippen LogP contribution in [0.4, 0.5) is 0 Å². The molecule has 0 bridgehead atoms. The van der Waals surface area contributed by atoms with Crippen LogP contribution in [0.2, 0.25) is 0 Å². The van der Waals surface area contributed by atoms with Gasteiger partial charge in [-0.05, 0) is 25.8 Å². The molecule has 0 spiro atoms. The molecule has 0 aromatic rings. The number of hydrogen-bond acceptors (Lipinski definition) is 4. The van der Waals surface area contributed by atoms with Crippen LogP contribution in [0.1, 0.15) is 32.1 Å². The van der Waals surface area contributed by atoms with Gasteiger partial charge in [0.25, 0.3) is 0 Å². The van der Waals surface area contributed by atoms with Crippen molar-refractivity contribution in [3.8, 4) is 0 Å². The van der Waals surface area contributed by atoms with Crippen molar-refractivity contribution < 1.29 is 24.6 Å². The molecule has 7 heteroatoms. The number of amides is 1. The SMILES string of the molecule is O=C(O)C1CCN(C(=O)C2CCCCCN2)CC1C(=O)O. The number of piperidine rings is 1. The smallest absolute Gasteiger partial charge is 0.309 e. The van der Waals surface area contributed by atoms with Crippen molar-refractivity contribution >= 4 is 17.8 Å². The number of nitrogens with zero attached hydrogens (tertiary/aromatic N) is 1. The Labute approximate surface area is 123 Å². The normalized spacial score (nSPS) is 30.5. The molecular formula is C14H22N2O5. The molecule has 7 nitrogen and oxygen atoms in total. The third-order valence-corrected chi connectivity index (χ3v) is 4.42. The number of carboxylic acid groups (broad SMARTS) is 2. The summed E-state index contributed by atoms with van der Waals surface area (Å²) in [5, 5.41) is 21.5. The predicted molar refractivity (Wildman–Crippen MR) is 73.7 cm³/mol. The van der Waals surface area contributed by atoms with Crippen molar-refractivity contribution in [1.82, 2.24) is 10.2 Å². The molecule has 0 radical (unpaired) electrons. The molecule has 3 atom stereocenters. The molecule has 0 aromatic carbocycles. The van der Waals surface area contributed by atoms with Crippen LogP contribution in [0.3, 0.4) is 0 Å². The van der Waals surface area contributed by atoms with Crippen LogP contribution in [0.5, 0.6) is 0 Å². The summed E-state index contributed by atoms with van der Waals surface area (Å²) in [6, 6.07) is -0.261. The number of carbonyl (C=O) groups excluding carboxylic acids is 1. The molecule has 3 N–H and O–H groups in total. The first-order valence-electron chi connectivity index (χ1n) is 7.48. The quantitative estimate of drug-likeness (QED) is 0.685. The number of likely N-dealkylation sites (tertiary alicyclic amines) is 1. The molecule has 0 aromatic heterocycles. The second-order valence-electron chi connectivity index (χ2n) is 5.82. The Kier molecular flexibility index (Phi) is 5.17. The number of carboxylic acids is 2. The van der Waals surface area contributed by atoms with Gasteiger partial charge in [-0.25, -0.2) is 0 Å². The van der Waals surface area contributed by atoms with E-state index in [9.17, 15) is 19.5 Å². The Balaban J connectivity index is 2.02. The Morgan fingerprint density at radius 2 is 1.67 bits per heavy atom. The maximum Gasteiger partial charge on any atom is 0.309 e. The second-order valence-corrected chi connectivity index (χ2v) is 5.82. The molecule has 2 saturated heterocycles. The maximum absolute atomic E-state index is 12.5. The van der Waals surface area contributed by atoms with Gasteiger partial charge in [0.2, 0.25) is 5.91 Å². The zero-order valence-corrected chi connectivity index (χ0v) is 12.0. The molecule has 2 aliphatic heterocycles. The van der Waals surface area contributed by atoms with Crippen molar-refractivity contribution in [3.05, 3.63) is 0 Å². The van der Waals surface area contributed by atoms with Crippen LogP contribution in [0.25, 0.3) is 0 Å². The third kappa shape index (κ3) is 3.72. The van der Waals surface area contributed by atoms with E-state index in [0.29, 0.717) is 6.54 Å². The van der Waals surface area contributed by atoms with Crippen LogP contribution in [-0.2, 0) is 14.4 Å². The van der Waals surface area contributed by atoms with Gasteiger partial charge in [-0.3, -0.25) is 14.4 Å². The lowest BCUT2D eigenvalue weighted by molar-refractivity contribution is -0.159. The number of aliphatic carboxylic acids is 2. The van der Waals surface area contributed by atoms with Gasteiger partial charge in [-0.15, -0.1) is 0 Å². The minimum Gasteiger partial charge on any atom is -0.481 e. The number of nitrogens with one attached hydrogen (secondary N) is 1. The fourth-order valence-corrected chi connectivity index (χ4v) is 3.16. The Hall–Kier alpha value is -1.63. The second kappa shape index (κ2) is 6.89. The largest absolute Gasteiger partial charge is 0.481 e. The van der Waals surface area contributed by atoms with Gasteiger partial charge in [0, 0.05) is 13.1 Å². The van der Waals surface area contributed by atoms with E-state index in [0.717, 1.165) is 32.2 Å². The molecule has 2 heterocycles. The van der Waals surface area contributed by atoms with Gasteiger partial charge in [-0.2, -0.15) is 0 Å². The molecule has 1 amide bonds. The van der Waals surface area contributed by atoms with E-state index in [4.69, 9.17) is 5.11 Å². The Morgan fingerprint density at radius 1 is 0.952 bits per heavy atom. The third-order valence-electron chi connectivity index (χ3n) is 4.42. The first-order chi connectivity index (χ1) is 10.0. The molecule has 21 heavy (non-hydrogen) atoms. The van der Waals surface area contributed by atoms with E-state index >= 15 is 0 Å². The summed E-state index contributed by atoms with van der Waals surface area (Å²) in [7, 11) is 0. The highest BCUT2D eigenvalue weighted by atomic mass is 16.4. The average molecular weight is 298 g/mol. The van der Waals surface area contributed by atoms with Gasteiger partial charge < -0.3 is 20.4 Å². The van der Waals surface area contributed by atoms with Gasteiger partial charge in [-0.1, -0.05) is 12.8 Å². The van der Waals surface area contributed by atoms with Gasteiger partial charge in [0.15, 0.2) is 0 Å². The first kappa shape index (κ1) is 15.8. The molecule has 0 aliphatic carbocycles. The molecule has 0 saturated carbocycles. The Morgan fingerprint density at radius 3 is 2.33 bits per heavy atom. The topological polar surface area (TPSA) is 107 Å². The lowest BCUT2D eigenvalue weighted by Crippen LogP contribution is -2.53. The lowest BCUT2D eigenvalue weighted by Gasteiger charge is -2.36. The van der Waals surface area contributed by atoms with Crippen molar-refractivity contribution in [2.24, 2.45) is 11.8 Å². The summed E-state index contributed by atoms with van der Waals surface area (Å²) in [4.78, 5) is 36.4. The van der Waals surface area contributed by atoms with Crippen molar-refractivity contribution in [3.63, 3.8) is 0 Å². The summed E-state index contributed by atoms with van der Waals surface area (Å²) in [6.07, 6.45) is 4.08. The summed E-state index contributed by atoms with van der Waals surface area (Å²) >= 11 is 0. The Bertz CT molecular complexity index is 418. The summed E-state index contributed by atoms with van der Waals surface area (Å²) in [5.41, 5.74) is 0. The van der Waals surface area contributed by atoms with E-state index in [2.05, 4.69) is 5.32 Å². The molecule has 2 fully saturated rings. The summed E-state index contributed by atoms with van der Waals surface area (Å²) < 4.78 is 0. The van der Waals surface area contributed by atoms with Crippen molar-refractivity contribution in [1.29, 1.82) is 0 Å². The van der Waals surface area contributed by atoms with Crippen LogP contribution >= 0.6 is 0 Å². The summed E-state index contributed by atoms with van der Waals surface area (Å²) in [6.45, 7) is 1.10. The number of hydrogen-bond donors (Lipinski definition) is 3. The molecule has 118 valence electrons. The molecule has 2 aliphatic rings. The zero-order valence-electron chi connectivity index (χ0n) is 12.0. The van der Waals surface area contributed by atoms with Crippen LogP contribution in [-0.4, -0.2) is 58.6 Å². The minimum absolute atomic E-state index is 0.0106. The van der Waals surface area contributed by atoms with E-state index in [-0.39, 0.29) is 24.9 Å². The molecule has 3 unspecified atom stereocenters. The van der Waals surface area contributed by atoms with Gasteiger partial charge in [0.05, 0.1) is 17.9 Å². The van der Waals surface area contributed by atoms with E-state index in [1.807, 2.05) is 0 Å². The monoisotopic (exact) mass is 298 g/mol. The van der Waals surface area contributed by atoms with Gasteiger partial charge >= 0.3 is 11.9 Å². The fourth-order valence-electron chi connectivity index (χ4n) is 3.16. The van der Waals surface area contributed by atoms with Crippen molar-refractivity contribution in [2.45, 2.75) is 38.1 Å². The number of rotatable bonds is 3. The van der Waals surface area contributed by atoms with Crippen LogP contribution in [0.15, 0.2) is 0 Å². The van der Waals surface area contributed by atoms with E-state index in [1.54, 1.807) is 0 Å². The highest BCUT2D eigenvalue weighted by Crippen LogP contribution is 2.25. The predicted octanol–water partition coefficient (Wildman–Crippen LogP) is 0.153. The number of carbonyl (C=O) groups is 3. The standard InChI is InChI=1S/C14H22N2O5/c17-12(11-4-2-1-3-6-15-11)16-7-5-9(13(18)19)10(8-16)14(20)21/h9-11,15H,1-8H2,(H,18,19)(H,20,21).